The van der Waals surface area contributed by atoms with Gasteiger partial charge in [0.2, 0.25) is 0 Å². The lowest BCUT2D eigenvalue weighted by Gasteiger charge is -2.17. The van der Waals surface area contributed by atoms with Crippen molar-refractivity contribution in [2.24, 2.45) is 11.5 Å². The van der Waals surface area contributed by atoms with Crippen LogP contribution < -0.4 is 11.5 Å². The molecular formula is C8H24N2OSi2. The zero-order chi connectivity index (χ0) is 10.1. The predicted octanol–water partition coefficient (Wildman–Crippen LogP) is 0.408. The van der Waals surface area contributed by atoms with Gasteiger partial charge in [-0.05, 0) is 51.1 Å². The Balaban J connectivity index is 3.35. The van der Waals surface area contributed by atoms with Gasteiger partial charge in [0.05, 0.1) is 0 Å². The number of rotatable bonds is 8. The standard InChI is InChI=1S/C8H24N2OSi2/c1-12(7-3-5-9)11-13(2)8-4-6-10/h12-13H,3-10H2,1-2H3. The van der Waals surface area contributed by atoms with Crippen molar-refractivity contribution in [2.75, 3.05) is 13.1 Å². The molecule has 0 aromatic carbocycles. The van der Waals surface area contributed by atoms with Crippen molar-refractivity contribution in [3.05, 3.63) is 0 Å². The van der Waals surface area contributed by atoms with Crippen LogP contribution in [0.5, 0.6) is 0 Å². The van der Waals surface area contributed by atoms with Gasteiger partial charge >= 0.3 is 0 Å². The Labute approximate surface area is 85.3 Å². The Hall–Kier alpha value is 0.314. The second-order valence-corrected chi connectivity index (χ2v) is 9.10. The van der Waals surface area contributed by atoms with Gasteiger partial charge in [-0.1, -0.05) is 0 Å². The molecule has 2 atom stereocenters. The lowest BCUT2D eigenvalue weighted by Crippen LogP contribution is -2.25. The van der Waals surface area contributed by atoms with Gasteiger partial charge in [0.1, 0.15) is 0 Å². The molecule has 0 amide bonds. The Morgan fingerprint density at radius 2 is 1.31 bits per heavy atom. The molecule has 4 N–H and O–H groups in total. The molecule has 0 aliphatic carbocycles. The molecule has 0 bridgehead atoms. The average Bonchev–Trinajstić information content (AvgIpc) is 2.11. The average molecular weight is 220 g/mol. The third kappa shape index (κ3) is 8.64. The smallest absolute Gasteiger partial charge is 0.159 e. The molecule has 0 aliphatic heterocycles. The predicted molar refractivity (Wildman–Crippen MR) is 64.1 cm³/mol. The summed E-state index contributed by atoms with van der Waals surface area (Å²) < 4.78 is 6.02. The van der Waals surface area contributed by atoms with E-state index in [2.05, 4.69) is 13.1 Å². The maximum absolute atomic E-state index is 6.02. The molecule has 80 valence electrons. The summed E-state index contributed by atoms with van der Waals surface area (Å²) in [5.74, 6) is 0. The van der Waals surface area contributed by atoms with E-state index in [0.717, 1.165) is 25.9 Å². The molecule has 0 heterocycles. The van der Waals surface area contributed by atoms with E-state index in [-0.39, 0.29) is 0 Å². The fraction of sp³-hybridized carbons (Fsp3) is 1.00. The molecule has 0 aliphatic rings. The summed E-state index contributed by atoms with van der Waals surface area (Å²) in [7, 11) is -1.76. The minimum atomic E-state index is -0.879. The fourth-order valence-corrected chi connectivity index (χ4v) is 7.23. The molecule has 0 aromatic rings. The molecule has 5 heteroatoms. The van der Waals surface area contributed by atoms with Crippen LogP contribution in [0.4, 0.5) is 0 Å². The van der Waals surface area contributed by atoms with E-state index in [9.17, 15) is 0 Å². The van der Waals surface area contributed by atoms with Crippen LogP contribution in [0.1, 0.15) is 12.8 Å². The lowest BCUT2D eigenvalue weighted by atomic mass is 10.5. The van der Waals surface area contributed by atoms with Gasteiger partial charge < -0.3 is 15.6 Å². The van der Waals surface area contributed by atoms with Gasteiger partial charge in [0.15, 0.2) is 18.1 Å². The van der Waals surface area contributed by atoms with Gasteiger partial charge in [0.25, 0.3) is 0 Å². The normalized spacial score (nSPS) is 15.7. The Bertz CT molecular complexity index is 104. The van der Waals surface area contributed by atoms with Crippen LogP contribution in [-0.2, 0) is 4.12 Å². The largest absolute Gasteiger partial charge is 0.460 e. The van der Waals surface area contributed by atoms with Crippen molar-refractivity contribution in [1.82, 2.24) is 0 Å². The quantitative estimate of drug-likeness (QED) is 0.583. The van der Waals surface area contributed by atoms with Crippen LogP contribution in [0.15, 0.2) is 0 Å². The molecule has 0 saturated heterocycles. The van der Waals surface area contributed by atoms with Crippen molar-refractivity contribution in [3.8, 4) is 0 Å². The second kappa shape index (κ2) is 8.89. The summed E-state index contributed by atoms with van der Waals surface area (Å²) in [5.41, 5.74) is 10.9. The zero-order valence-electron chi connectivity index (χ0n) is 8.96. The van der Waals surface area contributed by atoms with Crippen LogP contribution in [-0.4, -0.2) is 31.2 Å². The van der Waals surface area contributed by atoms with Crippen molar-refractivity contribution in [1.29, 1.82) is 0 Å². The van der Waals surface area contributed by atoms with Gasteiger partial charge in [-0.15, -0.1) is 0 Å². The van der Waals surface area contributed by atoms with E-state index in [1.54, 1.807) is 0 Å². The molecule has 0 aromatic heterocycles. The summed E-state index contributed by atoms with van der Waals surface area (Å²) in [6.07, 6.45) is 2.26. The highest BCUT2D eigenvalue weighted by molar-refractivity contribution is 6.64. The Morgan fingerprint density at radius 1 is 0.923 bits per heavy atom. The minimum absolute atomic E-state index is 0.805. The fourth-order valence-electron chi connectivity index (χ4n) is 1.34. The van der Waals surface area contributed by atoms with Gasteiger partial charge in [-0.25, -0.2) is 0 Å². The third-order valence-electron chi connectivity index (χ3n) is 2.09. The van der Waals surface area contributed by atoms with E-state index >= 15 is 0 Å². The van der Waals surface area contributed by atoms with E-state index in [1.165, 1.54) is 12.1 Å². The first kappa shape index (κ1) is 13.3. The van der Waals surface area contributed by atoms with Crippen molar-refractivity contribution >= 4 is 18.1 Å². The van der Waals surface area contributed by atoms with Gasteiger partial charge in [0, 0.05) is 0 Å². The van der Waals surface area contributed by atoms with Crippen LogP contribution in [0, 0.1) is 0 Å². The first-order valence-electron chi connectivity index (χ1n) is 5.26. The lowest BCUT2D eigenvalue weighted by molar-refractivity contribution is 0.580. The third-order valence-corrected chi connectivity index (χ3v) is 8.25. The van der Waals surface area contributed by atoms with Crippen LogP contribution >= 0.6 is 0 Å². The van der Waals surface area contributed by atoms with Crippen molar-refractivity contribution in [3.63, 3.8) is 0 Å². The summed E-state index contributed by atoms with van der Waals surface area (Å²) in [6.45, 7) is 6.17. The van der Waals surface area contributed by atoms with E-state index in [1.807, 2.05) is 0 Å². The number of nitrogens with two attached hydrogens (primary N) is 2. The van der Waals surface area contributed by atoms with E-state index in [4.69, 9.17) is 15.6 Å². The first-order valence-corrected chi connectivity index (χ1v) is 10.1. The van der Waals surface area contributed by atoms with Crippen molar-refractivity contribution < 1.29 is 4.12 Å². The molecule has 13 heavy (non-hydrogen) atoms. The van der Waals surface area contributed by atoms with Crippen LogP contribution in [0.25, 0.3) is 0 Å². The van der Waals surface area contributed by atoms with Gasteiger partial charge in [-0.3, -0.25) is 0 Å². The highest BCUT2D eigenvalue weighted by Crippen LogP contribution is 2.04. The van der Waals surface area contributed by atoms with E-state index in [0.29, 0.717) is 0 Å². The summed E-state index contributed by atoms with van der Waals surface area (Å²) >= 11 is 0. The Kier molecular flexibility index (Phi) is 9.11. The molecule has 0 radical (unpaired) electrons. The summed E-state index contributed by atoms with van der Waals surface area (Å²) in [5, 5.41) is 0. The highest BCUT2D eigenvalue weighted by Gasteiger charge is 2.10. The molecule has 0 rings (SSSR count). The molecule has 2 unspecified atom stereocenters. The topological polar surface area (TPSA) is 61.3 Å². The Morgan fingerprint density at radius 3 is 1.62 bits per heavy atom. The molecule has 0 fully saturated rings. The van der Waals surface area contributed by atoms with Crippen molar-refractivity contribution in [2.45, 2.75) is 38.0 Å². The second-order valence-electron chi connectivity index (χ2n) is 3.62. The summed E-state index contributed by atoms with van der Waals surface area (Å²) in [6, 6.07) is 2.47. The maximum atomic E-state index is 6.02. The van der Waals surface area contributed by atoms with Gasteiger partial charge in [-0.2, -0.15) is 0 Å². The highest BCUT2D eigenvalue weighted by atomic mass is 28.4. The molecular weight excluding hydrogens is 196 g/mol. The number of hydrogen-bond donors (Lipinski definition) is 2. The van der Waals surface area contributed by atoms with Crippen LogP contribution in [0.2, 0.25) is 25.2 Å². The maximum Gasteiger partial charge on any atom is 0.159 e. The number of hydrogen-bond acceptors (Lipinski definition) is 3. The monoisotopic (exact) mass is 220 g/mol. The minimum Gasteiger partial charge on any atom is -0.460 e. The molecule has 0 spiro atoms. The zero-order valence-corrected chi connectivity index (χ0v) is 11.3. The van der Waals surface area contributed by atoms with Crippen LogP contribution in [0.3, 0.4) is 0 Å². The summed E-state index contributed by atoms with van der Waals surface area (Å²) in [4.78, 5) is 0. The molecule has 0 saturated carbocycles. The first-order chi connectivity index (χ1) is 6.20. The SMILES string of the molecule is C[SiH](CCCN)O[SiH](C)CCCN. The van der Waals surface area contributed by atoms with E-state index < -0.39 is 18.1 Å². The molecule has 3 nitrogen and oxygen atoms in total.